The van der Waals surface area contributed by atoms with Gasteiger partial charge >= 0.3 is 0 Å². The van der Waals surface area contributed by atoms with Gasteiger partial charge in [-0.15, -0.1) is 0 Å². The zero-order chi connectivity index (χ0) is 10.7. The maximum absolute atomic E-state index is 5.63. The van der Waals surface area contributed by atoms with Gasteiger partial charge in [-0.05, 0) is 26.2 Å². The Morgan fingerprint density at radius 2 is 2.07 bits per heavy atom. The molecule has 1 aliphatic rings. The molecule has 0 aromatic carbocycles. The fourth-order valence-corrected chi connectivity index (χ4v) is 1.89. The van der Waals surface area contributed by atoms with Crippen molar-refractivity contribution in [3.8, 4) is 0 Å². The average Bonchev–Trinajstić information content (AvgIpc) is 2.16. The van der Waals surface area contributed by atoms with Crippen LogP contribution in [0.25, 0.3) is 0 Å². The summed E-state index contributed by atoms with van der Waals surface area (Å²) in [5.41, 5.74) is 6.74. The molecule has 0 saturated heterocycles. The largest absolute Gasteiger partial charge is 0.365 e. The number of hydrogen-bond acceptors (Lipinski definition) is 4. The maximum Gasteiger partial charge on any atom is 0.125 e. The lowest BCUT2D eigenvalue weighted by atomic mass is 9.91. The highest BCUT2D eigenvalue weighted by Crippen LogP contribution is 2.28. The Hall–Kier alpha value is -1.16. The molecule has 1 aliphatic carbocycles. The monoisotopic (exact) mass is 206 g/mol. The molecule has 2 rings (SSSR count). The number of anilines is 1. The molecule has 82 valence electrons. The average molecular weight is 206 g/mol. The van der Waals surface area contributed by atoms with Gasteiger partial charge in [-0.3, -0.25) is 0 Å². The molecular formula is C11H18N4. The molecule has 1 aromatic heterocycles. The van der Waals surface area contributed by atoms with E-state index in [0.29, 0.717) is 12.6 Å². The van der Waals surface area contributed by atoms with E-state index in [1.807, 2.05) is 19.3 Å². The Morgan fingerprint density at radius 1 is 1.40 bits per heavy atom. The fourth-order valence-electron chi connectivity index (χ4n) is 1.89. The van der Waals surface area contributed by atoms with Crippen LogP contribution in [-0.4, -0.2) is 29.1 Å². The third-order valence-electron chi connectivity index (χ3n) is 2.98. The summed E-state index contributed by atoms with van der Waals surface area (Å²) in [6, 6.07) is 0.653. The van der Waals surface area contributed by atoms with Crippen LogP contribution in [0, 0.1) is 6.92 Å². The van der Waals surface area contributed by atoms with Gasteiger partial charge in [0.05, 0.1) is 18.1 Å². The van der Waals surface area contributed by atoms with Crippen molar-refractivity contribution in [3.05, 3.63) is 18.2 Å². The molecule has 4 nitrogen and oxygen atoms in total. The topological polar surface area (TPSA) is 55.0 Å². The minimum atomic E-state index is 0.653. The van der Waals surface area contributed by atoms with E-state index in [9.17, 15) is 0 Å². The lowest BCUT2D eigenvalue weighted by Crippen LogP contribution is -2.43. The van der Waals surface area contributed by atoms with Crippen molar-refractivity contribution in [1.29, 1.82) is 0 Å². The Morgan fingerprint density at radius 3 is 2.53 bits per heavy atom. The van der Waals surface area contributed by atoms with E-state index in [-0.39, 0.29) is 0 Å². The molecule has 0 radical (unpaired) electrons. The lowest BCUT2D eigenvalue weighted by molar-refractivity contribution is 0.387. The molecule has 4 heteroatoms. The van der Waals surface area contributed by atoms with Crippen LogP contribution in [0.4, 0.5) is 5.69 Å². The number of nitrogens with two attached hydrogens (primary N) is 1. The van der Waals surface area contributed by atoms with Gasteiger partial charge in [0.1, 0.15) is 5.82 Å². The van der Waals surface area contributed by atoms with E-state index in [1.165, 1.54) is 19.3 Å². The smallest absolute Gasteiger partial charge is 0.125 e. The van der Waals surface area contributed by atoms with E-state index in [1.54, 1.807) is 0 Å². The van der Waals surface area contributed by atoms with Crippen LogP contribution >= 0.6 is 0 Å². The van der Waals surface area contributed by atoms with Crippen molar-refractivity contribution in [1.82, 2.24) is 9.97 Å². The predicted molar refractivity (Wildman–Crippen MR) is 60.8 cm³/mol. The van der Waals surface area contributed by atoms with Crippen LogP contribution in [0.3, 0.4) is 0 Å². The highest BCUT2D eigenvalue weighted by Gasteiger charge is 2.24. The van der Waals surface area contributed by atoms with Crippen LogP contribution in [0.15, 0.2) is 12.4 Å². The zero-order valence-electron chi connectivity index (χ0n) is 9.19. The highest BCUT2D eigenvalue weighted by atomic mass is 15.2. The van der Waals surface area contributed by atoms with Gasteiger partial charge in [0.15, 0.2) is 0 Å². The van der Waals surface area contributed by atoms with Gasteiger partial charge in [0, 0.05) is 19.1 Å². The third-order valence-corrected chi connectivity index (χ3v) is 2.98. The quantitative estimate of drug-likeness (QED) is 0.801. The molecule has 0 unspecified atom stereocenters. The SMILES string of the molecule is Cc1ncc(N(CCN)C2CCC2)cn1. The molecule has 1 aromatic rings. The normalized spacial score (nSPS) is 16.1. The first kappa shape index (κ1) is 10.4. The van der Waals surface area contributed by atoms with Gasteiger partial charge in [0.2, 0.25) is 0 Å². The van der Waals surface area contributed by atoms with Crippen LogP contribution in [-0.2, 0) is 0 Å². The van der Waals surface area contributed by atoms with Crippen LogP contribution in [0.2, 0.25) is 0 Å². The summed E-state index contributed by atoms with van der Waals surface area (Å²) >= 11 is 0. The Kier molecular flexibility index (Phi) is 3.16. The number of aryl methyl sites for hydroxylation is 1. The van der Waals surface area contributed by atoms with E-state index >= 15 is 0 Å². The van der Waals surface area contributed by atoms with Crippen LogP contribution < -0.4 is 10.6 Å². The first-order valence-corrected chi connectivity index (χ1v) is 5.56. The molecule has 1 saturated carbocycles. The molecule has 1 fully saturated rings. The Labute approximate surface area is 90.5 Å². The van der Waals surface area contributed by atoms with E-state index in [0.717, 1.165) is 18.1 Å². The zero-order valence-corrected chi connectivity index (χ0v) is 9.19. The summed E-state index contributed by atoms with van der Waals surface area (Å²) in [5, 5.41) is 0. The summed E-state index contributed by atoms with van der Waals surface area (Å²) in [6.45, 7) is 3.49. The maximum atomic E-state index is 5.63. The van der Waals surface area contributed by atoms with E-state index in [4.69, 9.17) is 5.73 Å². The first-order chi connectivity index (χ1) is 7.31. The second kappa shape index (κ2) is 4.57. The molecule has 1 heterocycles. The van der Waals surface area contributed by atoms with Crippen molar-refractivity contribution in [2.24, 2.45) is 5.73 Å². The molecule has 0 aliphatic heterocycles. The summed E-state index contributed by atoms with van der Waals surface area (Å²) in [5.74, 6) is 0.819. The Bertz CT molecular complexity index is 305. The lowest BCUT2D eigenvalue weighted by Gasteiger charge is -2.38. The molecule has 0 atom stereocenters. The van der Waals surface area contributed by atoms with Crippen LogP contribution in [0.1, 0.15) is 25.1 Å². The molecule has 15 heavy (non-hydrogen) atoms. The minimum Gasteiger partial charge on any atom is -0.365 e. The van der Waals surface area contributed by atoms with Crippen molar-refractivity contribution in [2.45, 2.75) is 32.2 Å². The standard InChI is InChI=1S/C11H18N4/c1-9-13-7-11(8-14-9)15(6-5-12)10-3-2-4-10/h7-8,10H,2-6,12H2,1H3. The van der Waals surface area contributed by atoms with Crippen molar-refractivity contribution >= 4 is 5.69 Å². The van der Waals surface area contributed by atoms with Gasteiger partial charge in [-0.1, -0.05) is 0 Å². The van der Waals surface area contributed by atoms with Gasteiger partial charge in [-0.25, -0.2) is 9.97 Å². The molecule has 0 bridgehead atoms. The summed E-state index contributed by atoms with van der Waals surface area (Å²) in [4.78, 5) is 10.8. The molecular weight excluding hydrogens is 188 g/mol. The molecule has 0 amide bonds. The Balaban J connectivity index is 2.12. The number of rotatable bonds is 4. The van der Waals surface area contributed by atoms with E-state index in [2.05, 4.69) is 14.9 Å². The second-order valence-corrected chi connectivity index (χ2v) is 4.06. The number of nitrogens with zero attached hydrogens (tertiary/aromatic N) is 3. The summed E-state index contributed by atoms with van der Waals surface area (Å²) in [6.07, 6.45) is 7.67. The number of aromatic nitrogens is 2. The number of hydrogen-bond donors (Lipinski definition) is 1. The fraction of sp³-hybridized carbons (Fsp3) is 0.636. The highest BCUT2D eigenvalue weighted by molar-refractivity contribution is 5.43. The predicted octanol–water partition coefficient (Wildman–Crippen LogP) is 1.10. The first-order valence-electron chi connectivity index (χ1n) is 5.56. The minimum absolute atomic E-state index is 0.653. The van der Waals surface area contributed by atoms with Crippen molar-refractivity contribution in [3.63, 3.8) is 0 Å². The summed E-state index contributed by atoms with van der Waals surface area (Å²) in [7, 11) is 0. The van der Waals surface area contributed by atoms with Crippen molar-refractivity contribution < 1.29 is 0 Å². The second-order valence-electron chi connectivity index (χ2n) is 4.06. The van der Waals surface area contributed by atoms with Gasteiger partial charge in [0.25, 0.3) is 0 Å². The van der Waals surface area contributed by atoms with Crippen LogP contribution in [0.5, 0.6) is 0 Å². The summed E-state index contributed by atoms with van der Waals surface area (Å²) < 4.78 is 0. The molecule has 2 N–H and O–H groups in total. The van der Waals surface area contributed by atoms with Gasteiger partial charge in [-0.2, -0.15) is 0 Å². The van der Waals surface area contributed by atoms with Gasteiger partial charge < -0.3 is 10.6 Å². The van der Waals surface area contributed by atoms with E-state index < -0.39 is 0 Å². The van der Waals surface area contributed by atoms with Crippen molar-refractivity contribution in [2.75, 3.05) is 18.0 Å². The third kappa shape index (κ3) is 2.26. The molecule has 0 spiro atoms.